The molecule has 0 rings (SSSR count). The predicted molar refractivity (Wildman–Crippen MR) is 319 cm³/mol. The summed E-state index contributed by atoms with van der Waals surface area (Å²) in [4.78, 5) is 24.6. The van der Waals surface area contributed by atoms with Gasteiger partial charge in [-0.3, -0.25) is 9.59 Å². The molecule has 430 valence electrons. The fourth-order valence-electron chi connectivity index (χ4n) is 10.2. The number of amides is 1. The molecule has 0 aromatic rings. The molecule has 0 spiro atoms. The van der Waals surface area contributed by atoms with Gasteiger partial charge in [0.05, 0.1) is 25.4 Å². The largest absolute Gasteiger partial charge is 0.466 e. The van der Waals surface area contributed by atoms with E-state index in [9.17, 15) is 19.8 Å². The molecule has 0 aliphatic carbocycles. The van der Waals surface area contributed by atoms with Crippen molar-refractivity contribution in [2.45, 2.75) is 366 Å². The van der Waals surface area contributed by atoms with E-state index in [0.29, 0.717) is 32.3 Å². The number of aliphatic hydroxyl groups excluding tert-OH is 2. The standard InChI is InChI=1S/C67H127NO5/c1-3-5-7-9-11-13-15-17-19-21-23-24-25-26-27-29-30-32-35-39-43-47-51-55-59-65(70)64(63-69)68-66(71)60-56-52-48-44-40-36-34-38-42-46-50-54-58-62-73-67(72)61-57-53-49-45-41-37-33-31-28-22-20-18-16-14-12-10-8-6-4-2/h18,20,36,40,48,52,64-65,69-70H,3-17,19,21-35,37-39,41-47,49-51,53-63H2,1-2H3,(H,68,71)/b20-18-,40-36-,52-48-. The van der Waals surface area contributed by atoms with Gasteiger partial charge in [0.1, 0.15) is 0 Å². The van der Waals surface area contributed by atoms with Crippen molar-refractivity contribution < 1.29 is 24.5 Å². The van der Waals surface area contributed by atoms with Crippen molar-refractivity contribution in [3.8, 4) is 0 Å². The number of carbonyl (C=O) groups excluding carboxylic acids is 2. The fraction of sp³-hybridized carbons (Fsp3) is 0.881. The molecule has 3 N–H and O–H groups in total. The Balaban J connectivity index is 3.50. The summed E-state index contributed by atoms with van der Waals surface area (Å²) in [5.74, 6) is -0.129. The fourth-order valence-corrected chi connectivity index (χ4v) is 10.2. The molecular weight excluding hydrogens is 899 g/mol. The molecule has 2 unspecified atom stereocenters. The number of unbranched alkanes of at least 4 members (excludes halogenated alkanes) is 44. The van der Waals surface area contributed by atoms with Gasteiger partial charge in [-0.05, 0) is 70.6 Å². The highest BCUT2D eigenvalue weighted by molar-refractivity contribution is 5.76. The highest BCUT2D eigenvalue weighted by Crippen LogP contribution is 2.18. The Morgan fingerprint density at radius 2 is 0.699 bits per heavy atom. The van der Waals surface area contributed by atoms with Gasteiger partial charge in [-0.1, -0.05) is 307 Å². The number of carbonyl (C=O) groups is 2. The van der Waals surface area contributed by atoms with Crippen LogP contribution in [0.1, 0.15) is 354 Å². The van der Waals surface area contributed by atoms with E-state index >= 15 is 0 Å². The zero-order valence-electron chi connectivity index (χ0n) is 49.1. The highest BCUT2D eigenvalue weighted by Gasteiger charge is 2.20. The SMILES string of the molecule is CCCCCCCC/C=C\CCCCCCCCCCCC(=O)OCCCCCCCC/C=C\C/C=C\CCC(=O)NC(CO)C(O)CCCCCCCCCCCCCCCCCCCCCCCCCC. The van der Waals surface area contributed by atoms with Crippen molar-refractivity contribution in [3.63, 3.8) is 0 Å². The molecule has 0 aliphatic heterocycles. The first-order chi connectivity index (χ1) is 36.0. The number of allylic oxidation sites excluding steroid dienone is 6. The van der Waals surface area contributed by atoms with Gasteiger partial charge in [-0.25, -0.2) is 0 Å². The topological polar surface area (TPSA) is 95.9 Å². The second kappa shape index (κ2) is 62.6. The van der Waals surface area contributed by atoms with E-state index in [1.807, 2.05) is 0 Å². The van der Waals surface area contributed by atoms with Gasteiger partial charge < -0.3 is 20.3 Å². The molecule has 0 bridgehead atoms. The predicted octanol–water partition coefficient (Wildman–Crippen LogP) is 20.8. The number of nitrogens with one attached hydrogen (secondary N) is 1. The normalized spacial score (nSPS) is 12.8. The lowest BCUT2D eigenvalue weighted by molar-refractivity contribution is -0.143. The lowest BCUT2D eigenvalue weighted by Gasteiger charge is -2.22. The van der Waals surface area contributed by atoms with E-state index in [2.05, 4.69) is 55.6 Å². The van der Waals surface area contributed by atoms with E-state index in [0.717, 1.165) is 51.4 Å². The van der Waals surface area contributed by atoms with Crippen molar-refractivity contribution in [2.75, 3.05) is 13.2 Å². The molecule has 0 radical (unpaired) electrons. The van der Waals surface area contributed by atoms with Crippen molar-refractivity contribution >= 4 is 11.9 Å². The second-order valence-electron chi connectivity index (χ2n) is 22.4. The molecular formula is C67H127NO5. The van der Waals surface area contributed by atoms with Gasteiger partial charge in [0, 0.05) is 12.8 Å². The second-order valence-corrected chi connectivity index (χ2v) is 22.4. The maximum absolute atomic E-state index is 12.5. The van der Waals surface area contributed by atoms with Crippen LogP contribution in [0.25, 0.3) is 0 Å². The third kappa shape index (κ3) is 59.2. The van der Waals surface area contributed by atoms with Crippen molar-refractivity contribution in [3.05, 3.63) is 36.5 Å². The number of hydrogen-bond donors (Lipinski definition) is 3. The molecule has 0 aromatic heterocycles. The van der Waals surface area contributed by atoms with Crippen LogP contribution >= 0.6 is 0 Å². The molecule has 0 aromatic carbocycles. The summed E-state index contributed by atoms with van der Waals surface area (Å²) in [5, 5.41) is 23.3. The van der Waals surface area contributed by atoms with Gasteiger partial charge >= 0.3 is 5.97 Å². The lowest BCUT2D eigenvalue weighted by atomic mass is 10.0. The summed E-state index contributed by atoms with van der Waals surface area (Å²) in [6, 6.07) is -0.587. The van der Waals surface area contributed by atoms with Crippen LogP contribution in [-0.2, 0) is 14.3 Å². The number of esters is 1. The summed E-state index contributed by atoms with van der Waals surface area (Å²) in [7, 11) is 0. The van der Waals surface area contributed by atoms with Crippen LogP contribution in [0, 0.1) is 0 Å². The lowest BCUT2D eigenvalue weighted by Crippen LogP contribution is -2.45. The van der Waals surface area contributed by atoms with Crippen molar-refractivity contribution in [2.24, 2.45) is 0 Å². The van der Waals surface area contributed by atoms with E-state index < -0.39 is 12.1 Å². The van der Waals surface area contributed by atoms with E-state index in [1.165, 1.54) is 263 Å². The molecule has 0 saturated heterocycles. The number of ether oxygens (including phenoxy) is 1. The zero-order valence-corrected chi connectivity index (χ0v) is 49.1. The van der Waals surface area contributed by atoms with Gasteiger partial charge in [0.25, 0.3) is 0 Å². The minimum absolute atomic E-state index is 0.0165. The Morgan fingerprint density at radius 1 is 0.384 bits per heavy atom. The molecule has 0 saturated carbocycles. The average molecular weight is 1030 g/mol. The molecule has 6 nitrogen and oxygen atoms in total. The van der Waals surface area contributed by atoms with Crippen LogP contribution in [-0.4, -0.2) is 47.4 Å². The Hall–Kier alpha value is -1.92. The molecule has 2 atom stereocenters. The summed E-state index contributed by atoms with van der Waals surface area (Å²) in [6.07, 6.45) is 78.9. The third-order valence-corrected chi connectivity index (χ3v) is 15.2. The highest BCUT2D eigenvalue weighted by atomic mass is 16.5. The van der Waals surface area contributed by atoms with E-state index in [4.69, 9.17) is 4.74 Å². The molecule has 0 aliphatic rings. The first kappa shape index (κ1) is 71.1. The summed E-state index contributed by atoms with van der Waals surface area (Å²) in [5.41, 5.74) is 0. The van der Waals surface area contributed by atoms with Crippen LogP contribution in [0.4, 0.5) is 0 Å². The zero-order chi connectivity index (χ0) is 52.9. The summed E-state index contributed by atoms with van der Waals surface area (Å²) < 4.78 is 5.48. The van der Waals surface area contributed by atoms with Crippen LogP contribution < -0.4 is 5.32 Å². The summed E-state index contributed by atoms with van der Waals surface area (Å²) >= 11 is 0. The number of hydrogen-bond acceptors (Lipinski definition) is 5. The van der Waals surface area contributed by atoms with Crippen LogP contribution in [0.3, 0.4) is 0 Å². The summed E-state index contributed by atoms with van der Waals surface area (Å²) in [6.45, 7) is 4.91. The van der Waals surface area contributed by atoms with Gasteiger partial charge in [0.15, 0.2) is 0 Å². The van der Waals surface area contributed by atoms with Crippen LogP contribution in [0.2, 0.25) is 0 Å². The quantitative estimate of drug-likeness (QED) is 0.0320. The van der Waals surface area contributed by atoms with E-state index in [1.54, 1.807) is 0 Å². The van der Waals surface area contributed by atoms with Crippen LogP contribution in [0.15, 0.2) is 36.5 Å². The van der Waals surface area contributed by atoms with Crippen LogP contribution in [0.5, 0.6) is 0 Å². The Labute approximate surface area is 455 Å². The molecule has 0 fully saturated rings. The maximum atomic E-state index is 12.5. The van der Waals surface area contributed by atoms with E-state index in [-0.39, 0.29) is 18.5 Å². The monoisotopic (exact) mass is 1030 g/mol. The minimum Gasteiger partial charge on any atom is -0.466 e. The Bertz CT molecular complexity index is 1180. The van der Waals surface area contributed by atoms with Crippen molar-refractivity contribution in [1.82, 2.24) is 5.32 Å². The smallest absolute Gasteiger partial charge is 0.305 e. The first-order valence-electron chi connectivity index (χ1n) is 32.7. The van der Waals surface area contributed by atoms with Crippen molar-refractivity contribution in [1.29, 1.82) is 0 Å². The molecule has 73 heavy (non-hydrogen) atoms. The van der Waals surface area contributed by atoms with Gasteiger partial charge in [0.2, 0.25) is 5.91 Å². The van der Waals surface area contributed by atoms with Gasteiger partial charge in [-0.15, -0.1) is 0 Å². The first-order valence-corrected chi connectivity index (χ1v) is 32.7. The average Bonchev–Trinajstić information content (AvgIpc) is 3.39. The van der Waals surface area contributed by atoms with Gasteiger partial charge in [-0.2, -0.15) is 0 Å². The molecule has 6 heteroatoms. The number of aliphatic hydroxyl groups is 2. The Morgan fingerprint density at radius 3 is 1.08 bits per heavy atom. The maximum Gasteiger partial charge on any atom is 0.305 e. The Kier molecular flexibility index (Phi) is 61.0. The molecule has 1 amide bonds. The third-order valence-electron chi connectivity index (χ3n) is 15.2. The number of rotatable bonds is 61. The minimum atomic E-state index is -0.701. The molecule has 0 heterocycles.